The minimum atomic E-state index is -0.622. The van der Waals surface area contributed by atoms with E-state index in [1.807, 2.05) is 19.1 Å². The molecule has 0 bridgehead atoms. The summed E-state index contributed by atoms with van der Waals surface area (Å²) in [6.45, 7) is 3.70. The molecule has 0 aliphatic carbocycles. The molecule has 0 fully saturated rings. The van der Waals surface area contributed by atoms with E-state index in [2.05, 4.69) is 0 Å². The Morgan fingerprint density at radius 2 is 1.92 bits per heavy atom. The molecule has 2 N–H and O–H groups in total. The highest BCUT2D eigenvalue weighted by atomic mass is 35.5. The Labute approximate surface area is 85.2 Å². The number of aliphatic hydroxyl groups is 2. The average molecular weight is 207 g/mol. The van der Waals surface area contributed by atoms with E-state index in [0.717, 1.165) is 6.42 Å². The zero-order valence-corrected chi connectivity index (χ0v) is 9.04. The van der Waals surface area contributed by atoms with Crippen molar-refractivity contribution >= 4 is 11.6 Å². The predicted molar refractivity (Wildman–Crippen MR) is 56.0 cm³/mol. The van der Waals surface area contributed by atoms with E-state index in [-0.39, 0.29) is 5.38 Å². The van der Waals surface area contributed by atoms with Crippen molar-refractivity contribution in [1.29, 1.82) is 0 Å². The summed E-state index contributed by atoms with van der Waals surface area (Å²) in [6.07, 6.45) is 4.84. The molecule has 78 valence electrons. The zero-order valence-electron chi connectivity index (χ0n) is 8.28. The second-order valence-corrected chi connectivity index (χ2v) is 3.84. The molecule has 0 spiro atoms. The van der Waals surface area contributed by atoms with Crippen LogP contribution in [0.25, 0.3) is 0 Å². The predicted octanol–water partition coefficient (Wildman–Crippen LogP) is 2.08. The molecule has 0 aliphatic heterocycles. The molecule has 2 nitrogen and oxygen atoms in total. The molecule has 0 rings (SSSR count). The van der Waals surface area contributed by atoms with Crippen molar-refractivity contribution in [3.05, 3.63) is 12.2 Å². The molecule has 3 atom stereocenters. The van der Waals surface area contributed by atoms with Crippen LogP contribution in [0, 0.1) is 0 Å². The van der Waals surface area contributed by atoms with Gasteiger partial charge in [-0.25, -0.2) is 0 Å². The van der Waals surface area contributed by atoms with Crippen LogP contribution in [0.4, 0.5) is 0 Å². The van der Waals surface area contributed by atoms with Gasteiger partial charge in [-0.15, -0.1) is 11.6 Å². The fraction of sp³-hybridized carbons (Fsp3) is 0.800. The van der Waals surface area contributed by atoms with Crippen LogP contribution >= 0.6 is 11.6 Å². The van der Waals surface area contributed by atoms with Gasteiger partial charge in [0.25, 0.3) is 0 Å². The standard InChI is InChI=1S/C10H19ClO2/c1-3-4-5-6-9(11)10(13)7-8(2)12/h4-5,8-10,12-13H,3,6-7H2,1-2H3/b5-4-/t8-,9-,10+/m1/s1. The number of halogens is 1. The lowest BCUT2D eigenvalue weighted by Crippen LogP contribution is -2.24. The largest absolute Gasteiger partial charge is 0.393 e. The van der Waals surface area contributed by atoms with Crippen LogP contribution in [0.3, 0.4) is 0 Å². The van der Waals surface area contributed by atoms with E-state index in [1.165, 1.54) is 0 Å². The van der Waals surface area contributed by atoms with E-state index in [9.17, 15) is 5.11 Å². The van der Waals surface area contributed by atoms with Gasteiger partial charge in [0.15, 0.2) is 0 Å². The maximum atomic E-state index is 9.46. The Kier molecular flexibility index (Phi) is 7.33. The fourth-order valence-electron chi connectivity index (χ4n) is 1.05. The molecule has 13 heavy (non-hydrogen) atoms. The van der Waals surface area contributed by atoms with Crippen molar-refractivity contribution in [2.75, 3.05) is 0 Å². The molecule has 0 radical (unpaired) electrons. The summed E-state index contributed by atoms with van der Waals surface area (Å²) in [6, 6.07) is 0. The summed E-state index contributed by atoms with van der Waals surface area (Å²) in [5, 5.41) is 18.2. The molecular weight excluding hydrogens is 188 g/mol. The highest BCUT2D eigenvalue weighted by Gasteiger charge is 2.16. The monoisotopic (exact) mass is 206 g/mol. The van der Waals surface area contributed by atoms with Crippen LogP contribution in [0.15, 0.2) is 12.2 Å². The Hall–Kier alpha value is -0.0500. The minimum Gasteiger partial charge on any atom is -0.393 e. The summed E-state index contributed by atoms with van der Waals surface area (Å²) >= 11 is 5.90. The quantitative estimate of drug-likeness (QED) is 0.516. The van der Waals surface area contributed by atoms with E-state index >= 15 is 0 Å². The molecule has 0 aromatic heterocycles. The van der Waals surface area contributed by atoms with E-state index in [1.54, 1.807) is 6.92 Å². The maximum absolute atomic E-state index is 9.46. The van der Waals surface area contributed by atoms with E-state index < -0.39 is 12.2 Å². The van der Waals surface area contributed by atoms with Gasteiger partial charge < -0.3 is 10.2 Å². The van der Waals surface area contributed by atoms with Crippen molar-refractivity contribution in [2.24, 2.45) is 0 Å². The van der Waals surface area contributed by atoms with Crippen molar-refractivity contribution in [3.8, 4) is 0 Å². The molecule has 0 aromatic rings. The molecule has 0 heterocycles. The summed E-state index contributed by atoms with van der Waals surface area (Å²) in [5.74, 6) is 0. The lowest BCUT2D eigenvalue weighted by atomic mass is 10.1. The SMILES string of the molecule is CC/C=C\C[C@@H](Cl)[C@@H](O)C[C@@H](C)O. The first-order valence-electron chi connectivity index (χ1n) is 4.73. The van der Waals surface area contributed by atoms with E-state index in [4.69, 9.17) is 16.7 Å². The molecule has 0 saturated carbocycles. The third kappa shape index (κ3) is 7.05. The van der Waals surface area contributed by atoms with Gasteiger partial charge in [0, 0.05) is 6.42 Å². The van der Waals surface area contributed by atoms with Crippen LogP contribution in [-0.4, -0.2) is 27.8 Å². The van der Waals surface area contributed by atoms with Crippen LogP contribution < -0.4 is 0 Å². The van der Waals surface area contributed by atoms with Gasteiger partial charge >= 0.3 is 0 Å². The van der Waals surface area contributed by atoms with Gasteiger partial charge in [0.05, 0.1) is 17.6 Å². The molecular formula is C10H19ClO2. The Balaban J connectivity index is 3.68. The van der Waals surface area contributed by atoms with Crippen molar-refractivity contribution < 1.29 is 10.2 Å². The average Bonchev–Trinajstić information content (AvgIpc) is 2.03. The smallest absolute Gasteiger partial charge is 0.0731 e. The Morgan fingerprint density at radius 1 is 1.31 bits per heavy atom. The van der Waals surface area contributed by atoms with Crippen molar-refractivity contribution in [2.45, 2.75) is 50.7 Å². The van der Waals surface area contributed by atoms with Crippen LogP contribution in [-0.2, 0) is 0 Å². The molecule has 0 saturated heterocycles. The van der Waals surface area contributed by atoms with E-state index in [0.29, 0.717) is 12.8 Å². The summed E-state index contributed by atoms with van der Waals surface area (Å²) in [7, 11) is 0. The summed E-state index contributed by atoms with van der Waals surface area (Å²) in [4.78, 5) is 0. The second-order valence-electron chi connectivity index (χ2n) is 3.28. The lowest BCUT2D eigenvalue weighted by molar-refractivity contribution is 0.0881. The third-order valence-corrected chi connectivity index (χ3v) is 2.23. The van der Waals surface area contributed by atoms with Gasteiger partial charge in [-0.2, -0.15) is 0 Å². The molecule has 3 heteroatoms. The first kappa shape index (κ1) is 12.9. The summed E-state index contributed by atoms with van der Waals surface area (Å²) < 4.78 is 0. The van der Waals surface area contributed by atoms with Gasteiger partial charge in [0.2, 0.25) is 0 Å². The molecule has 0 aromatic carbocycles. The number of hydrogen-bond acceptors (Lipinski definition) is 2. The third-order valence-electron chi connectivity index (χ3n) is 1.76. The van der Waals surface area contributed by atoms with Crippen LogP contribution in [0.1, 0.15) is 33.1 Å². The maximum Gasteiger partial charge on any atom is 0.0731 e. The van der Waals surface area contributed by atoms with Crippen molar-refractivity contribution in [3.63, 3.8) is 0 Å². The van der Waals surface area contributed by atoms with Crippen LogP contribution in [0.2, 0.25) is 0 Å². The highest BCUT2D eigenvalue weighted by molar-refractivity contribution is 6.21. The van der Waals surface area contributed by atoms with Gasteiger partial charge in [0.1, 0.15) is 0 Å². The van der Waals surface area contributed by atoms with Crippen molar-refractivity contribution in [1.82, 2.24) is 0 Å². The first-order valence-corrected chi connectivity index (χ1v) is 5.16. The van der Waals surface area contributed by atoms with Gasteiger partial charge in [-0.1, -0.05) is 19.1 Å². The Bertz CT molecular complexity index is 146. The van der Waals surface area contributed by atoms with Crippen LogP contribution in [0.5, 0.6) is 0 Å². The molecule has 0 amide bonds. The Morgan fingerprint density at radius 3 is 2.38 bits per heavy atom. The topological polar surface area (TPSA) is 40.5 Å². The fourth-order valence-corrected chi connectivity index (χ4v) is 1.25. The number of aliphatic hydroxyl groups excluding tert-OH is 2. The zero-order chi connectivity index (χ0) is 10.3. The summed E-state index contributed by atoms with van der Waals surface area (Å²) in [5.41, 5.74) is 0. The molecule has 0 unspecified atom stereocenters. The van der Waals surface area contributed by atoms with Gasteiger partial charge in [-0.05, 0) is 19.8 Å². The first-order chi connectivity index (χ1) is 6.07. The second kappa shape index (κ2) is 7.36. The highest BCUT2D eigenvalue weighted by Crippen LogP contribution is 2.13. The minimum absolute atomic E-state index is 0.294. The number of rotatable bonds is 6. The number of hydrogen-bond donors (Lipinski definition) is 2. The molecule has 0 aliphatic rings. The lowest BCUT2D eigenvalue weighted by Gasteiger charge is -2.16. The number of allylic oxidation sites excluding steroid dienone is 2. The van der Waals surface area contributed by atoms with Gasteiger partial charge in [-0.3, -0.25) is 0 Å². The number of alkyl halides is 1. The normalized spacial score (nSPS) is 18.8.